The Morgan fingerprint density at radius 1 is 1.04 bits per heavy atom. The van der Waals surface area contributed by atoms with Crippen LogP contribution in [0, 0.1) is 11.7 Å². The minimum absolute atomic E-state index is 0.249. The molecule has 1 N–H and O–H groups in total. The second kappa shape index (κ2) is 9.08. The SMILES string of the molecule is COc1cc(F)ccc1NC(=O)c1ccc(OCCC(C)C)c(OC)c1. The van der Waals surface area contributed by atoms with E-state index in [-0.39, 0.29) is 11.7 Å². The Morgan fingerprint density at radius 2 is 1.77 bits per heavy atom. The first kappa shape index (κ1) is 19.6. The molecule has 0 atom stereocenters. The van der Waals surface area contributed by atoms with Gasteiger partial charge in [0.15, 0.2) is 11.5 Å². The number of benzene rings is 2. The Morgan fingerprint density at radius 3 is 2.42 bits per heavy atom. The summed E-state index contributed by atoms with van der Waals surface area (Å²) in [5.74, 6) is 1.05. The summed E-state index contributed by atoms with van der Waals surface area (Å²) in [4.78, 5) is 12.5. The standard InChI is InChI=1S/C20H24FNO4/c1-13(2)9-10-26-17-8-5-14(11-19(17)25-4)20(23)22-16-7-6-15(21)12-18(16)24-3/h5-8,11-13H,9-10H2,1-4H3,(H,22,23). The van der Waals surface area contributed by atoms with E-state index in [0.717, 1.165) is 6.42 Å². The fourth-order valence-corrected chi connectivity index (χ4v) is 2.30. The van der Waals surface area contributed by atoms with Gasteiger partial charge in [-0.2, -0.15) is 0 Å². The normalized spacial score (nSPS) is 10.5. The van der Waals surface area contributed by atoms with Crippen LogP contribution in [0.4, 0.5) is 10.1 Å². The zero-order valence-corrected chi connectivity index (χ0v) is 15.5. The number of anilines is 1. The maximum Gasteiger partial charge on any atom is 0.255 e. The highest BCUT2D eigenvalue weighted by Gasteiger charge is 2.14. The highest BCUT2D eigenvalue weighted by molar-refractivity contribution is 6.05. The molecule has 0 radical (unpaired) electrons. The molecule has 2 aromatic carbocycles. The molecular formula is C20H24FNO4. The molecule has 0 bridgehead atoms. The molecule has 0 spiro atoms. The first-order valence-corrected chi connectivity index (χ1v) is 8.40. The van der Waals surface area contributed by atoms with Gasteiger partial charge in [0.2, 0.25) is 0 Å². The van der Waals surface area contributed by atoms with Crippen molar-refractivity contribution in [1.29, 1.82) is 0 Å². The summed E-state index contributed by atoms with van der Waals surface area (Å²) in [7, 11) is 2.94. The van der Waals surface area contributed by atoms with Crippen molar-refractivity contribution < 1.29 is 23.4 Å². The lowest BCUT2D eigenvalue weighted by Gasteiger charge is -2.14. The van der Waals surface area contributed by atoms with Gasteiger partial charge in [0, 0.05) is 11.6 Å². The Balaban J connectivity index is 2.14. The molecule has 26 heavy (non-hydrogen) atoms. The second-order valence-electron chi connectivity index (χ2n) is 6.20. The van der Waals surface area contributed by atoms with Crippen molar-refractivity contribution >= 4 is 11.6 Å². The number of hydrogen-bond donors (Lipinski definition) is 1. The molecule has 6 heteroatoms. The van der Waals surface area contributed by atoms with Gasteiger partial charge in [-0.3, -0.25) is 4.79 Å². The van der Waals surface area contributed by atoms with Crippen LogP contribution in [0.2, 0.25) is 0 Å². The van der Waals surface area contributed by atoms with Gasteiger partial charge >= 0.3 is 0 Å². The third kappa shape index (κ3) is 5.12. The van der Waals surface area contributed by atoms with Crippen LogP contribution in [-0.2, 0) is 0 Å². The van der Waals surface area contributed by atoms with Gasteiger partial charge in [0.1, 0.15) is 11.6 Å². The molecule has 1 amide bonds. The van der Waals surface area contributed by atoms with E-state index >= 15 is 0 Å². The topological polar surface area (TPSA) is 56.8 Å². The third-order valence-corrected chi connectivity index (χ3v) is 3.79. The number of nitrogens with one attached hydrogen (secondary N) is 1. The predicted molar refractivity (Wildman–Crippen MR) is 98.8 cm³/mol. The molecule has 5 nitrogen and oxygen atoms in total. The maximum atomic E-state index is 13.3. The summed E-state index contributed by atoms with van der Waals surface area (Å²) < 4.78 is 29.4. The van der Waals surface area contributed by atoms with Gasteiger partial charge < -0.3 is 19.5 Å². The van der Waals surface area contributed by atoms with Crippen molar-refractivity contribution in [3.8, 4) is 17.2 Å². The molecule has 0 aliphatic carbocycles. The van der Waals surface area contributed by atoms with Crippen LogP contribution >= 0.6 is 0 Å². The first-order chi connectivity index (χ1) is 12.4. The Labute approximate surface area is 153 Å². The van der Waals surface area contributed by atoms with Crippen LogP contribution in [-0.4, -0.2) is 26.7 Å². The lowest BCUT2D eigenvalue weighted by molar-refractivity contribution is 0.102. The number of carbonyl (C=O) groups is 1. The summed E-state index contributed by atoms with van der Waals surface area (Å²) in [6.07, 6.45) is 0.926. The highest BCUT2D eigenvalue weighted by Crippen LogP contribution is 2.30. The van der Waals surface area contributed by atoms with Crippen LogP contribution < -0.4 is 19.5 Å². The fraction of sp³-hybridized carbons (Fsp3) is 0.350. The third-order valence-electron chi connectivity index (χ3n) is 3.79. The zero-order valence-electron chi connectivity index (χ0n) is 15.5. The van der Waals surface area contributed by atoms with E-state index in [4.69, 9.17) is 14.2 Å². The van der Waals surface area contributed by atoms with Crippen LogP contribution in [0.3, 0.4) is 0 Å². The van der Waals surface area contributed by atoms with Crippen molar-refractivity contribution in [2.75, 3.05) is 26.1 Å². The van der Waals surface area contributed by atoms with E-state index in [2.05, 4.69) is 19.2 Å². The molecular weight excluding hydrogens is 337 g/mol. The van der Waals surface area contributed by atoms with Crippen LogP contribution in [0.1, 0.15) is 30.6 Å². The molecule has 0 saturated carbocycles. The summed E-state index contributed by atoms with van der Waals surface area (Å²) in [5.41, 5.74) is 0.777. The largest absolute Gasteiger partial charge is 0.494 e. The van der Waals surface area contributed by atoms with Gasteiger partial charge in [-0.05, 0) is 42.7 Å². The Bertz CT molecular complexity index is 761. The number of amides is 1. The lowest BCUT2D eigenvalue weighted by Crippen LogP contribution is -2.13. The molecule has 0 fully saturated rings. The number of ether oxygens (including phenoxy) is 3. The number of hydrogen-bond acceptors (Lipinski definition) is 4. The van der Waals surface area contributed by atoms with E-state index in [0.29, 0.717) is 35.3 Å². The van der Waals surface area contributed by atoms with Gasteiger partial charge in [0.25, 0.3) is 5.91 Å². The average Bonchev–Trinajstić information content (AvgIpc) is 2.62. The second-order valence-corrected chi connectivity index (χ2v) is 6.20. The predicted octanol–water partition coefficient (Wildman–Crippen LogP) is 4.52. The van der Waals surface area contributed by atoms with E-state index in [1.54, 1.807) is 18.2 Å². The van der Waals surface area contributed by atoms with Gasteiger partial charge in [-0.15, -0.1) is 0 Å². The summed E-state index contributed by atoms with van der Waals surface area (Å²) >= 11 is 0. The number of halogens is 1. The van der Waals surface area contributed by atoms with Gasteiger partial charge in [-0.1, -0.05) is 13.8 Å². The minimum Gasteiger partial charge on any atom is -0.494 e. The summed E-state index contributed by atoms with van der Waals surface area (Å²) in [5, 5.41) is 2.71. The molecule has 0 aliphatic heterocycles. The highest BCUT2D eigenvalue weighted by atomic mass is 19.1. The average molecular weight is 361 g/mol. The summed E-state index contributed by atoms with van der Waals surface area (Å²) in [6, 6.07) is 8.88. The van der Waals surface area contributed by atoms with Gasteiger partial charge in [-0.25, -0.2) is 4.39 Å². The Kier molecular flexibility index (Phi) is 6.83. The monoisotopic (exact) mass is 361 g/mol. The van der Waals surface area contributed by atoms with Gasteiger partial charge in [0.05, 0.1) is 26.5 Å². The molecule has 140 valence electrons. The number of methoxy groups -OCH3 is 2. The number of rotatable bonds is 8. The lowest BCUT2D eigenvalue weighted by atomic mass is 10.1. The van der Waals surface area contributed by atoms with E-state index in [1.807, 2.05) is 0 Å². The summed E-state index contributed by atoms with van der Waals surface area (Å²) in [6.45, 7) is 4.82. The molecule has 2 aromatic rings. The fourth-order valence-electron chi connectivity index (χ4n) is 2.30. The molecule has 0 heterocycles. The van der Waals surface area contributed by atoms with Crippen molar-refractivity contribution in [1.82, 2.24) is 0 Å². The quantitative estimate of drug-likeness (QED) is 0.751. The Hall–Kier alpha value is -2.76. The van der Waals surface area contributed by atoms with Crippen molar-refractivity contribution in [2.45, 2.75) is 20.3 Å². The minimum atomic E-state index is -0.440. The molecule has 0 aliphatic rings. The number of carbonyl (C=O) groups excluding carboxylic acids is 1. The van der Waals surface area contributed by atoms with E-state index < -0.39 is 5.82 Å². The molecule has 0 unspecified atom stereocenters. The van der Waals surface area contributed by atoms with Crippen molar-refractivity contribution in [2.24, 2.45) is 5.92 Å². The van der Waals surface area contributed by atoms with E-state index in [9.17, 15) is 9.18 Å². The van der Waals surface area contributed by atoms with Crippen molar-refractivity contribution in [3.05, 3.63) is 47.8 Å². The van der Waals surface area contributed by atoms with Crippen LogP contribution in [0.25, 0.3) is 0 Å². The molecule has 0 aromatic heterocycles. The van der Waals surface area contributed by atoms with Crippen LogP contribution in [0.15, 0.2) is 36.4 Å². The van der Waals surface area contributed by atoms with E-state index in [1.165, 1.54) is 32.4 Å². The maximum absolute atomic E-state index is 13.3. The first-order valence-electron chi connectivity index (χ1n) is 8.40. The smallest absolute Gasteiger partial charge is 0.255 e. The zero-order chi connectivity index (χ0) is 19.1. The molecule has 2 rings (SSSR count). The van der Waals surface area contributed by atoms with Crippen molar-refractivity contribution in [3.63, 3.8) is 0 Å². The van der Waals surface area contributed by atoms with Crippen LogP contribution in [0.5, 0.6) is 17.2 Å². The molecule has 0 saturated heterocycles.